The molecule has 10 heteroatoms. The van der Waals surface area contributed by atoms with E-state index in [-0.39, 0.29) is 12.6 Å². The molecule has 0 radical (unpaired) electrons. The predicted octanol–water partition coefficient (Wildman–Crippen LogP) is 3.46. The largest absolute Gasteiger partial charge is 0.463 e. The topological polar surface area (TPSA) is 93.2 Å². The number of ether oxygens (including phenoxy) is 1. The third-order valence-electron chi connectivity index (χ3n) is 3.70. The number of hydrogen-bond donors (Lipinski definition) is 2. The van der Waals surface area contributed by atoms with E-state index < -0.39 is 12.0 Å². The molecule has 1 aromatic heterocycles. The van der Waals surface area contributed by atoms with Gasteiger partial charge in [-0.1, -0.05) is 46.8 Å². The molecule has 2 aromatic rings. The summed E-state index contributed by atoms with van der Waals surface area (Å²) in [6.45, 7) is 3.84. The summed E-state index contributed by atoms with van der Waals surface area (Å²) in [5.74, 6) is -0.116. The first kappa shape index (κ1) is 19.7. The SMILES string of the molecule is CCOC(=O)C1=C(CSc2nnc(C)s2)NC(=O)N[C@@H]1c1ccc(Cl)cc1. The molecular weight excluding hydrogens is 408 g/mol. The number of carbonyl (C=O) groups is 2. The average molecular weight is 425 g/mol. The number of halogens is 1. The predicted molar refractivity (Wildman–Crippen MR) is 105 cm³/mol. The van der Waals surface area contributed by atoms with Crippen LogP contribution in [0.4, 0.5) is 4.79 Å². The van der Waals surface area contributed by atoms with Gasteiger partial charge in [0.15, 0.2) is 4.34 Å². The Kier molecular flexibility index (Phi) is 6.35. The smallest absolute Gasteiger partial charge is 0.338 e. The van der Waals surface area contributed by atoms with Crippen molar-refractivity contribution in [2.75, 3.05) is 12.4 Å². The van der Waals surface area contributed by atoms with Crippen molar-refractivity contribution in [1.29, 1.82) is 0 Å². The second kappa shape index (κ2) is 8.73. The number of thioether (sulfide) groups is 1. The van der Waals surface area contributed by atoms with E-state index in [1.807, 2.05) is 6.92 Å². The minimum absolute atomic E-state index is 0.236. The van der Waals surface area contributed by atoms with Gasteiger partial charge >= 0.3 is 12.0 Å². The number of benzene rings is 1. The molecular formula is C17H17ClN4O3S2. The Hall–Kier alpha value is -2.10. The van der Waals surface area contributed by atoms with Crippen LogP contribution in [0.2, 0.25) is 5.02 Å². The number of urea groups is 1. The molecule has 1 atom stereocenters. The summed E-state index contributed by atoms with van der Waals surface area (Å²) >= 11 is 8.82. The van der Waals surface area contributed by atoms with Crippen LogP contribution < -0.4 is 10.6 Å². The number of aryl methyl sites for hydroxylation is 1. The summed E-state index contributed by atoms with van der Waals surface area (Å²) in [5, 5.41) is 15.0. The molecule has 0 spiro atoms. The lowest BCUT2D eigenvalue weighted by Gasteiger charge is -2.29. The Morgan fingerprint density at radius 1 is 1.33 bits per heavy atom. The normalized spacial score (nSPS) is 16.7. The molecule has 142 valence electrons. The van der Waals surface area contributed by atoms with Crippen LogP contribution in [-0.4, -0.2) is 34.6 Å². The van der Waals surface area contributed by atoms with E-state index in [0.29, 0.717) is 22.0 Å². The van der Waals surface area contributed by atoms with Gasteiger partial charge in [-0.25, -0.2) is 9.59 Å². The van der Waals surface area contributed by atoms with Gasteiger partial charge < -0.3 is 15.4 Å². The van der Waals surface area contributed by atoms with Crippen molar-refractivity contribution in [2.45, 2.75) is 24.2 Å². The van der Waals surface area contributed by atoms with Crippen molar-refractivity contribution in [1.82, 2.24) is 20.8 Å². The van der Waals surface area contributed by atoms with Crippen molar-refractivity contribution < 1.29 is 14.3 Å². The maximum absolute atomic E-state index is 12.6. The molecule has 0 bridgehead atoms. The van der Waals surface area contributed by atoms with Crippen LogP contribution in [0.25, 0.3) is 0 Å². The van der Waals surface area contributed by atoms with E-state index in [1.165, 1.54) is 23.1 Å². The van der Waals surface area contributed by atoms with Gasteiger partial charge in [-0.05, 0) is 31.5 Å². The summed E-state index contributed by atoms with van der Waals surface area (Å²) in [7, 11) is 0. The number of nitrogens with one attached hydrogen (secondary N) is 2. The highest BCUT2D eigenvalue weighted by atomic mass is 35.5. The molecule has 1 aromatic carbocycles. The Labute approximate surface area is 169 Å². The van der Waals surface area contributed by atoms with Crippen LogP contribution in [0, 0.1) is 6.92 Å². The van der Waals surface area contributed by atoms with Crippen LogP contribution in [-0.2, 0) is 9.53 Å². The minimum Gasteiger partial charge on any atom is -0.463 e. The highest BCUT2D eigenvalue weighted by Gasteiger charge is 2.33. The highest BCUT2D eigenvalue weighted by Crippen LogP contribution is 2.31. The van der Waals surface area contributed by atoms with Crippen molar-refractivity contribution in [3.63, 3.8) is 0 Å². The first-order chi connectivity index (χ1) is 13.0. The third-order valence-corrected chi connectivity index (χ3v) is 5.95. The van der Waals surface area contributed by atoms with Crippen LogP contribution in [0.15, 0.2) is 39.9 Å². The minimum atomic E-state index is -0.623. The number of esters is 1. The van der Waals surface area contributed by atoms with E-state index in [1.54, 1.807) is 31.2 Å². The molecule has 0 aliphatic carbocycles. The average Bonchev–Trinajstić information content (AvgIpc) is 3.05. The number of aromatic nitrogens is 2. The number of amides is 2. The Morgan fingerprint density at radius 3 is 2.70 bits per heavy atom. The van der Waals surface area contributed by atoms with E-state index in [0.717, 1.165) is 14.9 Å². The van der Waals surface area contributed by atoms with Crippen molar-refractivity contribution in [3.8, 4) is 0 Å². The zero-order chi connectivity index (χ0) is 19.4. The summed E-state index contributed by atoms with van der Waals surface area (Å²) in [4.78, 5) is 24.8. The lowest BCUT2D eigenvalue weighted by molar-refractivity contribution is -0.139. The van der Waals surface area contributed by atoms with E-state index in [2.05, 4.69) is 20.8 Å². The maximum atomic E-state index is 12.6. The van der Waals surface area contributed by atoms with E-state index >= 15 is 0 Å². The maximum Gasteiger partial charge on any atom is 0.338 e. The van der Waals surface area contributed by atoms with Crippen molar-refractivity contribution >= 4 is 46.7 Å². The molecule has 1 aliphatic rings. The molecule has 0 saturated heterocycles. The zero-order valence-corrected chi connectivity index (χ0v) is 17.0. The van der Waals surface area contributed by atoms with Crippen molar-refractivity contribution in [2.24, 2.45) is 0 Å². The number of carbonyl (C=O) groups excluding carboxylic acids is 2. The summed E-state index contributed by atoms with van der Waals surface area (Å²) in [6.07, 6.45) is 0. The molecule has 3 rings (SSSR count). The Morgan fingerprint density at radius 2 is 2.07 bits per heavy atom. The molecule has 2 heterocycles. The van der Waals surface area contributed by atoms with Crippen LogP contribution in [0.1, 0.15) is 23.5 Å². The lowest BCUT2D eigenvalue weighted by atomic mass is 9.95. The molecule has 27 heavy (non-hydrogen) atoms. The highest BCUT2D eigenvalue weighted by molar-refractivity contribution is 8.01. The summed E-state index contributed by atoms with van der Waals surface area (Å²) in [5.41, 5.74) is 1.61. The number of rotatable bonds is 6. The van der Waals surface area contributed by atoms with Gasteiger partial charge in [0, 0.05) is 16.5 Å². The van der Waals surface area contributed by atoms with Gasteiger partial charge in [0.1, 0.15) is 5.01 Å². The number of hydrogen-bond acceptors (Lipinski definition) is 7. The molecule has 0 saturated carbocycles. The molecule has 0 fully saturated rings. The molecule has 7 nitrogen and oxygen atoms in total. The monoisotopic (exact) mass is 424 g/mol. The van der Waals surface area contributed by atoms with Crippen molar-refractivity contribution in [3.05, 3.63) is 51.1 Å². The second-order valence-corrected chi connectivity index (χ2v) is 8.41. The van der Waals surface area contributed by atoms with Gasteiger partial charge in [0.2, 0.25) is 0 Å². The fourth-order valence-corrected chi connectivity index (χ4v) is 4.47. The fourth-order valence-electron chi connectivity index (χ4n) is 2.56. The third kappa shape index (κ3) is 4.79. The van der Waals surface area contributed by atoms with Gasteiger partial charge in [-0.15, -0.1) is 10.2 Å². The van der Waals surface area contributed by atoms with Crippen LogP contribution >= 0.6 is 34.7 Å². The first-order valence-corrected chi connectivity index (χ1v) is 10.3. The summed E-state index contributed by atoms with van der Waals surface area (Å²) < 4.78 is 5.99. The van der Waals surface area contributed by atoms with E-state index in [4.69, 9.17) is 16.3 Å². The molecule has 1 aliphatic heterocycles. The first-order valence-electron chi connectivity index (χ1n) is 8.14. The number of nitrogens with zero attached hydrogens (tertiary/aromatic N) is 2. The molecule has 2 amide bonds. The molecule has 2 N–H and O–H groups in total. The second-order valence-electron chi connectivity index (χ2n) is 5.57. The quantitative estimate of drug-likeness (QED) is 0.544. The zero-order valence-electron chi connectivity index (χ0n) is 14.6. The standard InChI is InChI=1S/C17H17ClN4O3S2/c1-3-25-15(23)13-12(8-26-17-22-21-9(2)27-17)19-16(24)20-14(13)10-4-6-11(18)7-5-10/h4-7,14H,3,8H2,1-2H3,(H2,19,20,24)/t14-/m1/s1. The van der Waals surface area contributed by atoms with Crippen LogP contribution in [0.3, 0.4) is 0 Å². The van der Waals surface area contributed by atoms with E-state index in [9.17, 15) is 9.59 Å². The Balaban J connectivity index is 1.96. The van der Waals surface area contributed by atoms with Gasteiger partial charge in [-0.3, -0.25) is 0 Å². The van der Waals surface area contributed by atoms with Gasteiger partial charge in [0.05, 0.1) is 18.2 Å². The lowest BCUT2D eigenvalue weighted by Crippen LogP contribution is -2.46. The van der Waals surface area contributed by atoms with Gasteiger partial charge in [-0.2, -0.15) is 0 Å². The Bertz CT molecular complexity index is 883. The van der Waals surface area contributed by atoms with Gasteiger partial charge in [0.25, 0.3) is 0 Å². The fraction of sp³-hybridized carbons (Fsp3) is 0.294. The molecule has 0 unspecified atom stereocenters. The summed E-state index contributed by atoms with van der Waals surface area (Å²) in [6, 6.07) is 5.97. The van der Waals surface area contributed by atoms with Crippen LogP contribution in [0.5, 0.6) is 0 Å².